The molecule has 0 unspecified atom stereocenters. The van der Waals surface area contributed by atoms with Crippen LogP contribution < -0.4 is 5.32 Å². The fraction of sp³-hybridized carbons (Fsp3) is 0.500. The number of aromatic nitrogens is 2. The number of furan rings is 1. The van der Waals surface area contributed by atoms with Gasteiger partial charge in [-0.15, -0.1) is 0 Å². The molecule has 0 aliphatic carbocycles. The first kappa shape index (κ1) is 12.4. The average Bonchev–Trinajstić information content (AvgIpc) is 3.06. The third-order valence-electron chi connectivity index (χ3n) is 3.51. The largest absolute Gasteiger partial charge is 0.460 e. The van der Waals surface area contributed by atoms with Crippen LogP contribution in [0.25, 0.3) is 11.5 Å². The zero-order valence-electron chi connectivity index (χ0n) is 11.1. The summed E-state index contributed by atoms with van der Waals surface area (Å²) in [5.74, 6) is 1.76. The van der Waals surface area contributed by atoms with Crippen molar-refractivity contribution in [3.8, 4) is 11.5 Å². The summed E-state index contributed by atoms with van der Waals surface area (Å²) in [5.41, 5.74) is 2.11. The first-order chi connectivity index (χ1) is 9.33. The highest BCUT2D eigenvalue weighted by Crippen LogP contribution is 2.23. The Kier molecular flexibility index (Phi) is 3.66. The number of hydrogen-bond acceptors (Lipinski definition) is 4. The number of aromatic amines is 1. The molecule has 0 amide bonds. The first-order valence-corrected chi connectivity index (χ1v) is 6.73. The van der Waals surface area contributed by atoms with Gasteiger partial charge in [-0.1, -0.05) is 0 Å². The predicted octanol–water partition coefficient (Wildman–Crippen LogP) is 2.25. The number of nitrogens with one attached hydrogen (secondary N) is 2. The Labute approximate surface area is 112 Å². The van der Waals surface area contributed by atoms with E-state index >= 15 is 0 Å². The van der Waals surface area contributed by atoms with Crippen molar-refractivity contribution in [1.29, 1.82) is 0 Å². The molecule has 3 rings (SSSR count). The van der Waals surface area contributed by atoms with Crippen LogP contribution in [0.1, 0.15) is 24.2 Å². The maximum Gasteiger partial charge on any atom is 0.152 e. The molecule has 0 spiro atoms. The van der Waals surface area contributed by atoms with Gasteiger partial charge in [0.1, 0.15) is 11.5 Å². The lowest BCUT2D eigenvalue weighted by atomic mass is 10.1. The maximum atomic E-state index is 5.64. The van der Waals surface area contributed by atoms with Crippen molar-refractivity contribution < 1.29 is 9.15 Å². The minimum Gasteiger partial charge on any atom is -0.460 e. The second-order valence-corrected chi connectivity index (χ2v) is 4.95. The van der Waals surface area contributed by atoms with E-state index in [1.807, 2.05) is 25.3 Å². The molecule has 2 N–H and O–H groups in total. The molecule has 1 fully saturated rings. The molecule has 1 aliphatic heterocycles. The molecular weight excluding hydrogens is 242 g/mol. The van der Waals surface area contributed by atoms with Gasteiger partial charge in [-0.3, -0.25) is 5.10 Å². The van der Waals surface area contributed by atoms with Gasteiger partial charge in [-0.2, -0.15) is 5.10 Å². The Balaban J connectivity index is 1.66. The Morgan fingerprint density at radius 1 is 1.37 bits per heavy atom. The molecule has 0 saturated carbocycles. The summed E-state index contributed by atoms with van der Waals surface area (Å²) in [5, 5.41) is 10.7. The summed E-state index contributed by atoms with van der Waals surface area (Å²) in [6, 6.07) is 4.47. The highest BCUT2D eigenvalue weighted by Gasteiger charge is 2.15. The van der Waals surface area contributed by atoms with Crippen molar-refractivity contribution in [3.63, 3.8) is 0 Å². The Morgan fingerprint density at radius 2 is 2.21 bits per heavy atom. The smallest absolute Gasteiger partial charge is 0.152 e. The molecule has 2 aromatic rings. The van der Waals surface area contributed by atoms with Crippen LogP contribution in [0.4, 0.5) is 0 Å². The lowest BCUT2D eigenvalue weighted by Crippen LogP contribution is -2.34. The molecule has 102 valence electrons. The van der Waals surface area contributed by atoms with Gasteiger partial charge >= 0.3 is 0 Å². The summed E-state index contributed by atoms with van der Waals surface area (Å²) in [7, 11) is 0. The van der Waals surface area contributed by atoms with Crippen molar-refractivity contribution in [2.45, 2.75) is 32.4 Å². The first-order valence-electron chi connectivity index (χ1n) is 6.73. The standard InChI is InChI=1S/C14H19N3O2/c1-10-2-3-13(19-10)14-11(9-16-17-14)8-15-12-4-6-18-7-5-12/h2-3,9,12,15H,4-8H2,1H3,(H,16,17). The molecule has 0 bridgehead atoms. The van der Waals surface area contributed by atoms with Gasteiger partial charge in [0.2, 0.25) is 0 Å². The van der Waals surface area contributed by atoms with Crippen LogP contribution in [0.2, 0.25) is 0 Å². The number of nitrogens with zero attached hydrogens (tertiary/aromatic N) is 1. The minimum absolute atomic E-state index is 0.537. The predicted molar refractivity (Wildman–Crippen MR) is 71.7 cm³/mol. The quantitative estimate of drug-likeness (QED) is 0.886. The van der Waals surface area contributed by atoms with Crippen molar-refractivity contribution in [1.82, 2.24) is 15.5 Å². The van der Waals surface area contributed by atoms with Crippen LogP contribution in [0.15, 0.2) is 22.7 Å². The number of ether oxygens (including phenoxy) is 1. The van der Waals surface area contributed by atoms with Crippen LogP contribution in [0.5, 0.6) is 0 Å². The lowest BCUT2D eigenvalue weighted by Gasteiger charge is -2.23. The lowest BCUT2D eigenvalue weighted by molar-refractivity contribution is 0.0776. The van der Waals surface area contributed by atoms with Gasteiger partial charge in [0.05, 0.1) is 6.20 Å². The molecule has 2 aromatic heterocycles. The van der Waals surface area contributed by atoms with Gasteiger partial charge in [0.15, 0.2) is 5.76 Å². The molecule has 0 atom stereocenters. The van der Waals surface area contributed by atoms with Gasteiger partial charge in [-0.25, -0.2) is 0 Å². The van der Waals surface area contributed by atoms with Gasteiger partial charge in [-0.05, 0) is 31.9 Å². The third kappa shape index (κ3) is 2.88. The van der Waals surface area contributed by atoms with E-state index < -0.39 is 0 Å². The van der Waals surface area contributed by atoms with Crippen LogP contribution in [-0.4, -0.2) is 29.5 Å². The van der Waals surface area contributed by atoms with E-state index in [-0.39, 0.29) is 0 Å². The Hall–Kier alpha value is -1.59. The van der Waals surface area contributed by atoms with E-state index in [0.717, 1.165) is 55.4 Å². The van der Waals surface area contributed by atoms with E-state index in [9.17, 15) is 0 Å². The summed E-state index contributed by atoms with van der Waals surface area (Å²) in [6.45, 7) is 4.46. The molecule has 19 heavy (non-hydrogen) atoms. The minimum atomic E-state index is 0.537. The SMILES string of the molecule is Cc1ccc(-c2[nH]ncc2CNC2CCOCC2)o1. The molecule has 3 heterocycles. The highest BCUT2D eigenvalue weighted by atomic mass is 16.5. The van der Waals surface area contributed by atoms with Crippen molar-refractivity contribution in [2.24, 2.45) is 0 Å². The average molecular weight is 261 g/mol. The zero-order valence-corrected chi connectivity index (χ0v) is 11.1. The molecule has 1 saturated heterocycles. The summed E-state index contributed by atoms with van der Waals surface area (Å²) in [4.78, 5) is 0. The third-order valence-corrected chi connectivity index (χ3v) is 3.51. The van der Waals surface area contributed by atoms with Crippen molar-refractivity contribution in [2.75, 3.05) is 13.2 Å². The van der Waals surface area contributed by atoms with Gasteiger partial charge < -0.3 is 14.5 Å². The number of hydrogen-bond donors (Lipinski definition) is 2. The molecular formula is C14H19N3O2. The number of rotatable bonds is 4. The van der Waals surface area contributed by atoms with E-state index in [1.54, 1.807) is 0 Å². The molecule has 0 radical (unpaired) electrons. The van der Waals surface area contributed by atoms with E-state index in [2.05, 4.69) is 15.5 Å². The van der Waals surface area contributed by atoms with E-state index in [1.165, 1.54) is 0 Å². The summed E-state index contributed by atoms with van der Waals surface area (Å²) in [6.07, 6.45) is 4.01. The van der Waals surface area contributed by atoms with E-state index in [4.69, 9.17) is 9.15 Å². The van der Waals surface area contributed by atoms with Crippen molar-refractivity contribution in [3.05, 3.63) is 29.7 Å². The number of H-pyrrole nitrogens is 1. The zero-order chi connectivity index (χ0) is 13.1. The number of aryl methyl sites for hydroxylation is 1. The van der Waals surface area contributed by atoms with Crippen molar-refractivity contribution >= 4 is 0 Å². The second kappa shape index (κ2) is 5.59. The van der Waals surface area contributed by atoms with Gasteiger partial charge in [0.25, 0.3) is 0 Å². The van der Waals surface area contributed by atoms with Gasteiger partial charge in [0, 0.05) is 31.4 Å². The molecule has 0 aromatic carbocycles. The molecule has 5 nitrogen and oxygen atoms in total. The Morgan fingerprint density at radius 3 is 2.95 bits per heavy atom. The molecule has 1 aliphatic rings. The summed E-state index contributed by atoms with van der Waals surface area (Å²) < 4.78 is 11.0. The monoisotopic (exact) mass is 261 g/mol. The van der Waals surface area contributed by atoms with Crippen LogP contribution in [0, 0.1) is 6.92 Å². The van der Waals surface area contributed by atoms with E-state index in [0.29, 0.717) is 6.04 Å². The highest BCUT2D eigenvalue weighted by molar-refractivity contribution is 5.56. The normalized spacial score (nSPS) is 16.9. The fourth-order valence-electron chi connectivity index (χ4n) is 2.38. The summed E-state index contributed by atoms with van der Waals surface area (Å²) >= 11 is 0. The van der Waals surface area contributed by atoms with Crippen LogP contribution in [0.3, 0.4) is 0 Å². The topological polar surface area (TPSA) is 63.1 Å². The fourth-order valence-corrected chi connectivity index (χ4v) is 2.38. The second-order valence-electron chi connectivity index (χ2n) is 4.95. The maximum absolute atomic E-state index is 5.64. The van der Waals surface area contributed by atoms with Crippen LogP contribution in [-0.2, 0) is 11.3 Å². The molecule has 5 heteroatoms. The Bertz CT molecular complexity index is 526. The van der Waals surface area contributed by atoms with Crippen LogP contribution >= 0.6 is 0 Å².